The van der Waals surface area contributed by atoms with E-state index in [1.54, 1.807) is 31.3 Å². The van der Waals surface area contributed by atoms with Gasteiger partial charge >= 0.3 is 0 Å². The molecular weight excluding hydrogens is 510 g/mol. The van der Waals surface area contributed by atoms with E-state index in [1.807, 2.05) is 6.92 Å². The van der Waals surface area contributed by atoms with Crippen LogP contribution in [0.25, 0.3) is 11.4 Å². The largest absolute Gasteiger partial charge is 0.436 e. The lowest BCUT2D eigenvalue weighted by Crippen LogP contribution is -2.25. The highest BCUT2D eigenvalue weighted by molar-refractivity contribution is 8.00. The van der Waals surface area contributed by atoms with E-state index in [0.29, 0.717) is 46.1 Å². The minimum Gasteiger partial charge on any atom is -0.436 e. The molecular formula is C28H24F2N4O3S. The zero-order valence-corrected chi connectivity index (χ0v) is 21.5. The number of aliphatic hydroxyl groups is 1. The van der Waals surface area contributed by atoms with Gasteiger partial charge in [0, 0.05) is 29.4 Å². The molecule has 1 aliphatic heterocycles. The van der Waals surface area contributed by atoms with Gasteiger partial charge < -0.3 is 15.2 Å². The lowest BCUT2D eigenvalue weighted by atomic mass is 9.99. The average Bonchev–Trinajstić information content (AvgIpc) is 2.92. The molecule has 7 nitrogen and oxygen atoms in total. The second-order valence-corrected chi connectivity index (χ2v) is 9.93. The summed E-state index contributed by atoms with van der Waals surface area (Å²) in [4.78, 5) is 26.7. The Morgan fingerprint density at radius 1 is 1.13 bits per heavy atom. The molecule has 0 bridgehead atoms. The number of hydrogen-bond donors (Lipinski definition) is 2. The van der Waals surface area contributed by atoms with E-state index >= 15 is 0 Å². The number of halogens is 2. The fourth-order valence-electron chi connectivity index (χ4n) is 4.17. The van der Waals surface area contributed by atoms with Gasteiger partial charge in [-0.15, -0.1) is 0 Å². The van der Waals surface area contributed by atoms with Crippen LogP contribution in [0.1, 0.15) is 35.7 Å². The number of thioether (sulfide) groups is 1. The van der Waals surface area contributed by atoms with Crippen LogP contribution < -0.4 is 10.1 Å². The highest BCUT2D eigenvalue weighted by Gasteiger charge is 2.30. The first-order valence-corrected chi connectivity index (χ1v) is 12.9. The number of rotatable bonds is 7. The molecule has 4 aromatic rings. The number of amides is 1. The molecule has 2 aromatic heterocycles. The third kappa shape index (κ3) is 5.09. The Labute approximate surface area is 222 Å². The predicted octanol–water partition coefficient (Wildman–Crippen LogP) is 5.82. The maximum Gasteiger partial charge on any atom is 0.237 e. The highest BCUT2D eigenvalue weighted by Crippen LogP contribution is 2.43. The summed E-state index contributed by atoms with van der Waals surface area (Å²) in [5.41, 5.74) is 3.32. The standard InChI is InChI=1S/C28H24F2N4O3S/c1-3-23(26(36)32-18-10-8-17(29)9-11-18)38-28-21-12-20-16(14-35)13-31-15(2)24(20)37-27(21)33-25(34-28)19-6-4-5-7-22(19)30/h4-11,13,23,35H,3,12,14H2,1-2H3,(H,32,36)/t23-/m0/s1. The maximum absolute atomic E-state index is 14.7. The summed E-state index contributed by atoms with van der Waals surface area (Å²) in [5, 5.41) is 12.6. The van der Waals surface area contributed by atoms with Crippen LogP contribution in [-0.4, -0.2) is 31.2 Å². The van der Waals surface area contributed by atoms with Crippen molar-refractivity contribution < 1.29 is 23.4 Å². The second kappa shape index (κ2) is 10.8. The smallest absolute Gasteiger partial charge is 0.237 e. The molecule has 2 N–H and O–H groups in total. The Balaban J connectivity index is 1.56. The molecule has 10 heteroatoms. The van der Waals surface area contributed by atoms with E-state index in [2.05, 4.69) is 20.3 Å². The van der Waals surface area contributed by atoms with Gasteiger partial charge in [0.05, 0.1) is 28.7 Å². The zero-order valence-electron chi connectivity index (χ0n) is 20.7. The minimum atomic E-state index is -0.564. The minimum absolute atomic E-state index is 0.130. The van der Waals surface area contributed by atoms with Crippen molar-refractivity contribution in [2.75, 3.05) is 5.32 Å². The number of anilines is 1. The van der Waals surface area contributed by atoms with E-state index in [-0.39, 0.29) is 29.8 Å². The fourth-order valence-corrected chi connectivity index (χ4v) is 5.21. The normalized spacial score (nSPS) is 12.8. The van der Waals surface area contributed by atoms with Crippen LogP contribution in [0, 0.1) is 18.6 Å². The summed E-state index contributed by atoms with van der Waals surface area (Å²) < 4.78 is 34.2. The number of nitrogens with one attached hydrogen (secondary N) is 1. The fraction of sp³-hybridized carbons (Fsp3) is 0.214. The van der Waals surface area contributed by atoms with Crippen molar-refractivity contribution >= 4 is 23.4 Å². The van der Waals surface area contributed by atoms with Crippen LogP contribution in [0.15, 0.2) is 59.8 Å². The number of ether oxygens (including phenoxy) is 1. The number of nitrogens with zero attached hydrogens (tertiary/aromatic N) is 3. The van der Waals surface area contributed by atoms with E-state index in [9.17, 15) is 18.7 Å². The number of hydrogen-bond acceptors (Lipinski definition) is 7. The molecule has 2 aromatic carbocycles. The highest BCUT2D eigenvalue weighted by atomic mass is 32.2. The van der Waals surface area contributed by atoms with E-state index in [4.69, 9.17) is 4.74 Å². The SMILES string of the molecule is CC[C@H](Sc1nc(-c2ccccc2F)nc2c1Cc1c(CO)cnc(C)c1O2)C(=O)Nc1ccc(F)cc1. The topological polar surface area (TPSA) is 97.2 Å². The first-order chi connectivity index (χ1) is 18.4. The zero-order chi connectivity index (χ0) is 26.8. The van der Waals surface area contributed by atoms with E-state index < -0.39 is 16.9 Å². The van der Waals surface area contributed by atoms with Gasteiger partial charge in [0.25, 0.3) is 0 Å². The number of pyridine rings is 1. The molecule has 0 saturated carbocycles. The molecule has 3 heterocycles. The molecule has 1 amide bonds. The number of carbonyl (C=O) groups excluding carboxylic acids is 1. The van der Waals surface area contributed by atoms with Gasteiger partial charge in [0.2, 0.25) is 11.8 Å². The molecule has 38 heavy (non-hydrogen) atoms. The van der Waals surface area contributed by atoms with Crippen LogP contribution in [0.5, 0.6) is 11.6 Å². The van der Waals surface area contributed by atoms with Crippen LogP contribution in [0.3, 0.4) is 0 Å². The van der Waals surface area contributed by atoms with Crippen molar-refractivity contribution in [3.63, 3.8) is 0 Å². The third-order valence-corrected chi connectivity index (χ3v) is 7.59. The number of carbonyl (C=O) groups is 1. The van der Waals surface area contributed by atoms with E-state index in [1.165, 1.54) is 42.1 Å². The van der Waals surface area contributed by atoms with Crippen molar-refractivity contribution in [1.82, 2.24) is 15.0 Å². The molecule has 1 aliphatic rings. The van der Waals surface area contributed by atoms with Crippen LogP contribution >= 0.6 is 11.8 Å². The van der Waals surface area contributed by atoms with E-state index in [0.717, 1.165) is 5.56 Å². The lowest BCUT2D eigenvalue weighted by Gasteiger charge is -2.25. The molecule has 0 fully saturated rings. The first-order valence-electron chi connectivity index (χ1n) is 12.0. The number of aliphatic hydroxyl groups excluding tert-OH is 1. The van der Waals surface area contributed by atoms with Crippen LogP contribution in [0.4, 0.5) is 14.5 Å². The number of aromatic nitrogens is 3. The molecule has 0 aliphatic carbocycles. The number of benzene rings is 2. The first kappa shape index (κ1) is 25.7. The summed E-state index contributed by atoms with van der Waals surface area (Å²) in [5.74, 6) is -0.282. The van der Waals surface area contributed by atoms with Crippen LogP contribution in [0.2, 0.25) is 0 Å². The van der Waals surface area contributed by atoms with Gasteiger partial charge in [-0.3, -0.25) is 9.78 Å². The molecule has 0 spiro atoms. The molecule has 194 valence electrons. The van der Waals surface area contributed by atoms with Gasteiger partial charge in [-0.2, -0.15) is 4.98 Å². The number of aryl methyl sites for hydroxylation is 1. The summed E-state index contributed by atoms with van der Waals surface area (Å²) in [6.45, 7) is 3.45. The van der Waals surface area contributed by atoms with Gasteiger partial charge in [0.15, 0.2) is 11.6 Å². The molecule has 0 radical (unpaired) electrons. The van der Waals surface area contributed by atoms with Gasteiger partial charge in [-0.05, 0) is 49.7 Å². The van der Waals surface area contributed by atoms with Crippen molar-refractivity contribution in [3.05, 3.63) is 88.7 Å². The monoisotopic (exact) mass is 534 g/mol. The second-order valence-electron chi connectivity index (χ2n) is 8.74. The van der Waals surface area contributed by atoms with Crippen molar-refractivity contribution in [1.29, 1.82) is 0 Å². The van der Waals surface area contributed by atoms with Crippen molar-refractivity contribution in [2.45, 2.75) is 43.6 Å². The maximum atomic E-state index is 14.7. The summed E-state index contributed by atoms with van der Waals surface area (Å²) in [7, 11) is 0. The Morgan fingerprint density at radius 2 is 1.89 bits per heavy atom. The lowest BCUT2D eigenvalue weighted by molar-refractivity contribution is -0.115. The molecule has 0 saturated heterocycles. The van der Waals surface area contributed by atoms with Gasteiger partial charge in [-0.1, -0.05) is 30.8 Å². The van der Waals surface area contributed by atoms with Crippen molar-refractivity contribution in [3.8, 4) is 23.0 Å². The van der Waals surface area contributed by atoms with Crippen molar-refractivity contribution in [2.24, 2.45) is 0 Å². The Kier molecular flexibility index (Phi) is 7.35. The third-order valence-electron chi connectivity index (χ3n) is 6.20. The Morgan fingerprint density at radius 3 is 2.61 bits per heavy atom. The van der Waals surface area contributed by atoms with Gasteiger partial charge in [0.1, 0.15) is 16.7 Å². The summed E-state index contributed by atoms with van der Waals surface area (Å²) >= 11 is 1.22. The molecule has 5 rings (SSSR count). The molecule has 1 atom stereocenters. The Hall–Kier alpha value is -3.89. The predicted molar refractivity (Wildman–Crippen MR) is 140 cm³/mol. The number of fused-ring (bicyclic) bond motifs is 2. The molecule has 0 unspecified atom stereocenters. The Bertz CT molecular complexity index is 1520. The average molecular weight is 535 g/mol. The summed E-state index contributed by atoms with van der Waals surface area (Å²) in [6, 6.07) is 11.7. The summed E-state index contributed by atoms with van der Waals surface area (Å²) in [6.07, 6.45) is 2.42. The quantitative estimate of drug-likeness (QED) is 0.201. The van der Waals surface area contributed by atoms with Gasteiger partial charge in [-0.25, -0.2) is 13.8 Å². The van der Waals surface area contributed by atoms with Crippen LogP contribution in [-0.2, 0) is 17.8 Å².